The first-order valence-electron chi connectivity index (χ1n) is 6.48. The van der Waals surface area contributed by atoms with Gasteiger partial charge in [0.1, 0.15) is 5.75 Å². The number of carbonyl (C=O) groups is 1. The molecule has 1 aromatic rings. The van der Waals surface area contributed by atoms with Gasteiger partial charge in [0, 0.05) is 24.7 Å². The molecule has 1 aliphatic heterocycles. The van der Waals surface area contributed by atoms with Crippen molar-refractivity contribution >= 4 is 5.91 Å². The molecule has 0 radical (unpaired) electrons. The second-order valence-corrected chi connectivity index (χ2v) is 4.68. The highest BCUT2D eigenvalue weighted by molar-refractivity contribution is 5.94. The standard InChI is InChI=1S/C14H20N2O2/c1-2-8-18-13-5-3-4-11(9-13)14(17)16-7-6-12(15)10-16/h3-5,9,12H,2,6-8,10,15H2,1H3/t12-/m1/s1. The van der Waals surface area contributed by atoms with Crippen molar-refractivity contribution in [1.29, 1.82) is 0 Å². The quantitative estimate of drug-likeness (QED) is 0.881. The van der Waals surface area contributed by atoms with E-state index in [9.17, 15) is 4.79 Å². The Kier molecular flexibility index (Phi) is 4.20. The van der Waals surface area contributed by atoms with Crippen LogP contribution in [0, 0.1) is 0 Å². The molecule has 0 aromatic heterocycles. The van der Waals surface area contributed by atoms with Gasteiger partial charge in [0.2, 0.25) is 0 Å². The van der Waals surface area contributed by atoms with Crippen LogP contribution in [0.2, 0.25) is 0 Å². The maximum absolute atomic E-state index is 12.2. The fraction of sp³-hybridized carbons (Fsp3) is 0.500. The number of hydrogen-bond donors (Lipinski definition) is 1. The third-order valence-electron chi connectivity index (χ3n) is 3.07. The summed E-state index contributed by atoms with van der Waals surface area (Å²) in [6.07, 6.45) is 1.84. The first-order chi connectivity index (χ1) is 8.70. The third-order valence-corrected chi connectivity index (χ3v) is 3.07. The van der Waals surface area contributed by atoms with Gasteiger partial charge in [0.15, 0.2) is 0 Å². The van der Waals surface area contributed by atoms with E-state index < -0.39 is 0 Å². The molecule has 0 bridgehead atoms. The molecule has 98 valence electrons. The van der Waals surface area contributed by atoms with Crippen LogP contribution in [0.1, 0.15) is 30.1 Å². The van der Waals surface area contributed by atoms with E-state index in [2.05, 4.69) is 6.92 Å². The van der Waals surface area contributed by atoms with Crippen molar-refractivity contribution in [2.75, 3.05) is 19.7 Å². The molecule has 1 heterocycles. The number of benzene rings is 1. The van der Waals surface area contributed by atoms with Crippen LogP contribution in [0.25, 0.3) is 0 Å². The Labute approximate surface area is 108 Å². The lowest BCUT2D eigenvalue weighted by molar-refractivity contribution is 0.0790. The van der Waals surface area contributed by atoms with Gasteiger partial charge in [-0.2, -0.15) is 0 Å². The number of ether oxygens (including phenoxy) is 1. The van der Waals surface area contributed by atoms with Crippen molar-refractivity contribution in [1.82, 2.24) is 4.90 Å². The highest BCUT2D eigenvalue weighted by Crippen LogP contribution is 2.17. The monoisotopic (exact) mass is 248 g/mol. The largest absolute Gasteiger partial charge is 0.494 e. The molecule has 0 aliphatic carbocycles. The molecular weight excluding hydrogens is 228 g/mol. The molecule has 1 fully saturated rings. The summed E-state index contributed by atoms with van der Waals surface area (Å²) in [7, 11) is 0. The third kappa shape index (κ3) is 3.01. The molecular formula is C14H20N2O2. The molecule has 1 aromatic carbocycles. The first-order valence-corrected chi connectivity index (χ1v) is 6.48. The number of carbonyl (C=O) groups excluding carboxylic acids is 1. The summed E-state index contributed by atoms with van der Waals surface area (Å²) in [5.74, 6) is 0.802. The highest BCUT2D eigenvalue weighted by Gasteiger charge is 2.24. The zero-order valence-corrected chi connectivity index (χ0v) is 10.8. The van der Waals surface area contributed by atoms with Gasteiger partial charge in [-0.1, -0.05) is 13.0 Å². The lowest BCUT2D eigenvalue weighted by Crippen LogP contribution is -2.31. The average Bonchev–Trinajstić information content (AvgIpc) is 2.82. The Hall–Kier alpha value is -1.55. The van der Waals surface area contributed by atoms with Gasteiger partial charge in [-0.15, -0.1) is 0 Å². The van der Waals surface area contributed by atoms with Gasteiger partial charge in [-0.25, -0.2) is 0 Å². The Morgan fingerprint density at radius 3 is 3.06 bits per heavy atom. The van der Waals surface area contributed by atoms with Gasteiger partial charge < -0.3 is 15.4 Å². The Morgan fingerprint density at radius 1 is 1.56 bits per heavy atom. The summed E-state index contributed by atoms with van der Waals surface area (Å²) in [6, 6.07) is 7.48. The van der Waals surface area contributed by atoms with Gasteiger partial charge in [0.05, 0.1) is 6.61 Å². The Morgan fingerprint density at radius 2 is 2.39 bits per heavy atom. The fourth-order valence-corrected chi connectivity index (χ4v) is 2.09. The second-order valence-electron chi connectivity index (χ2n) is 4.68. The van der Waals surface area contributed by atoms with E-state index in [0.717, 1.165) is 25.1 Å². The van der Waals surface area contributed by atoms with Crippen LogP contribution in [0.5, 0.6) is 5.75 Å². The Balaban J connectivity index is 2.05. The van der Waals surface area contributed by atoms with Gasteiger partial charge in [0.25, 0.3) is 5.91 Å². The van der Waals surface area contributed by atoms with E-state index in [4.69, 9.17) is 10.5 Å². The first kappa shape index (κ1) is 12.9. The van der Waals surface area contributed by atoms with Gasteiger partial charge >= 0.3 is 0 Å². The Bertz CT molecular complexity index is 420. The molecule has 4 heteroatoms. The van der Waals surface area contributed by atoms with Crippen molar-refractivity contribution in [3.8, 4) is 5.75 Å². The lowest BCUT2D eigenvalue weighted by atomic mass is 10.2. The lowest BCUT2D eigenvalue weighted by Gasteiger charge is -2.16. The summed E-state index contributed by atoms with van der Waals surface area (Å²) in [6.45, 7) is 4.13. The van der Waals surface area contributed by atoms with Crippen LogP contribution < -0.4 is 10.5 Å². The minimum Gasteiger partial charge on any atom is -0.494 e. The van der Waals surface area contributed by atoms with Crippen molar-refractivity contribution in [2.45, 2.75) is 25.8 Å². The molecule has 1 aliphatic rings. The van der Waals surface area contributed by atoms with Crippen molar-refractivity contribution < 1.29 is 9.53 Å². The van der Waals surface area contributed by atoms with Crippen LogP contribution in [-0.2, 0) is 0 Å². The molecule has 18 heavy (non-hydrogen) atoms. The molecule has 0 spiro atoms. The van der Waals surface area contributed by atoms with Crippen LogP contribution in [0.15, 0.2) is 24.3 Å². The zero-order chi connectivity index (χ0) is 13.0. The van der Waals surface area contributed by atoms with Crippen molar-refractivity contribution in [2.24, 2.45) is 5.73 Å². The summed E-state index contributed by atoms with van der Waals surface area (Å²) in [5.41, 5.74) is 6.50. The topological polar surface area (TPSA) is 55.6 Å². The molecule has 1 saturated heterocycles. The number of nitrogens with two attached hydrogens (primary N) is 1. The van der Waals surface area contributed by atoms with E-state index in [1.807, 2.05) is 29.2 Å². The number of likely N-dealkylation sites (tertiary alicyclic amines) is 1. The van der Waals surface area contributed by atoms with E-state index in [1.165, 1.54) is 0 Å². The second kappa shape index (κ2) is 5.87. The fourth-order valence-electron chi connectivity index (χ4n) is 2.09. The van der Waals surface area contributed by atoms with E-state index >= 15 is 0 Å². The van der Waals surface area contributed by atoms with Crippen LogP contribution in [0.3, 0.4) is 0 Å². The molecule has 0 saturated carbocycles. The number of rotatable bonds is 4. The van der Waals surface area contributed by atoms with E-state index in [-0.39, 0.29) is 11.9 Å². The summed E-state index contributed by atoms with van der Waals surface area (Å²) >= 11 is 0. The minimum atomic E-state index is 0.0462. The summed E-state index contributed by atoms with van der Waals surface area (Å²) < 4.78 is 5.53. The number of amides is 1. The molecule has 0 unspecified atom stereocenters. The number of hydrogen-bond acceptors (Lipinski definition) is 3. The predicted octanol–water partition coefficient (Wildman–Crippen LogP) is 1.65. The normalized spacial score (nSPS) is 19.0. The van der Waals surface area contributed by atoms with Crippen LogP contribution >= 0.6 is 0 Å². The smallest absolute Gasteiger partial charge is 0.254 e. The maximum atomic E-state index is 12.2. The molecule has 4 nitrogen and oxygen atoms in total. The highest BCUT2D eigenvalue weighted by atomic mass is 16.5. The molecule has 2 rings (SSSR count). The predicted molar refractivity (Wildman–Crippen MR) is 70.7 cm³/mol. The van der Waals surface area contributed by atoms with Gasteiger partial charge in [-0.05, 0) is 31.0 Å². The minimum absolute atomic E-state index is 0.0462. The van der Waals surface area contributed by atoms with Crippen LogP contribution in [0.4, 0.5) is 0 Å². The number of nitrogens with zero attached hydrogens (tertiary/aromatic N) is 1. The van der Waals surface area contributed by atoms with Crippen molar-refractivity contribution in [3.05, 3.63) is 29.8 Å². The molecule has 2 N–H and O–H groups in total. The van der Waals surface area contributed by atoms with E-state index in [1.54, 1.807) is 0 Å². The van der Waals surface area contributed by atoms with E-state index in [0.29, 0.717) is 18.7 Å². The summed E-state index contributed by atoms with van der Waals surface area (Å²) in [4.78, 5) is 14.0. The SMILES string of the molecule is CCCOc1cccc(C(=O)N2CC[C@@H](N)C2)c1. The summed E-state index contributed by atoms with van der Waals surface area (Å²) in [5, 5.41) is 0. The average molecular weight is 248 g/mol. The van der Waals surface area contributed by atoms with Gasteiger partial charge in [-0.3, -0.25) is 4.79 Å². The zero-order valence-electron chi connectivity index (χ0n) is 10.8. The maximum Gasteiger partial charge on any atom is 0.254 e. The molecule has 1 atom stereocenters. The van der Waals surface area contributed by atoms with Crippen molar-refractivity contribution in [3.63, 3.8) is 0 Å². The molecule has 1 amide bonds. The van der Waals surface area contributed by atoms with Crippen LogP contribution in [-0.4, -0.2) is 36.5 Å².